The summed E-state index contributed by atoms with van der Waals surface area (Å²) in [5, 5.41) is 16.3. The highest BCUT2D eigenvalue weighted by molar-refractivity contribution is 5.77. The molecule has 0 fully saturated rings. The predicted molar refractivity (Wildman–Crippen MR) is 72.1 cm³/mol. The van der Waals surface area contributed by atoms with Crippen molar-refractivity contribution in [2.45, 2.75) is 25.9 Å². The smallest absolute Gasteiger partial charge is 0.323 e. The molecule has 2 rings (SSSR count). The van der Waals surface area contributed by atoms with Gasteiger partial charge in [0, 0.05) is 18.3 Å². The van der Waals surface area contributed by atoms with E-state index in [0.717, 1.165) is 11.3 Å². The van der Waals surface area contributed by atoms with E-state index in [0.29, 0.717) is 6.54 Å². The number of hydrogen-bond donors (Lipinski definition) is 2. The third kappa shape index (κ3) is 3.20. The molecule has 5 nitrogen and oxygen atoms in total. The lowest BCUT2D eigenvalue weighted by Crippen LogP contribution is -2.46. The van der Waals surface area contributed by atoms with Gasteiger partial charge < -0.3 is 5.11 Å². The highest BCUT2D eigenvalue weighted by Gasteiger charge is 2.25. The van der Waals surface area contributed by atoms with E-state index in [-0.39, 0.29) is 0 Å². The molecular weight excluding hydrogens is 242 g/mol. The number of carboxylic acids is 1. The molecule has 5 heteroatoms. The van der Waals surface area contributed by atoms with E-state index in [4.69, 9.17) is 5.11 Å². The Morgan fingerprint density at radius 3 is 2.68 bits per heavy atom. The Morgan fingerprint density at radius 2 is 2.05 bits per heavy atom. The van der Waals surface area contributed by atoms with Gasteiger partial charge in [0.25, 0.3) is 0 Å². The summed E-state index contributed by atoms with van der Waals surface area (Å²) in [4.78, 5) is 11.0. The summed E-state index contributed by atoms with van der Waals surface area (Å²) < 4.78 is 1.77. The molecule has 2 N–H and O–H groups in total. The third-order valence-electron chi connectivity index (χ3n) is 2.93. The number of carbonyl (C=O) groups is 1. The average molecular weight is 259 g/mol. The number of rotatable bonds is 5. The number of nitrogens with one attached hydrogen (secondary N) is 1. The molecule has 0 amide bonds. The minimum Gasteiger partial charge on any atom is -0.480 e. The molecule has 100 valence electrons. The SMILES string of the molecule is CC(C)(NCc1cnn(-c2ccccc2)c1)C(=O)O. The zero-order chi connectivity index (χ0) is 13.9. The maximum atomic E-state index is 11.0. The van der Waals surface area contributed by atoms with E-state index < -0.39 is 11.5 Å². The van der Waals surface area contributed by atoms with Crippen LogP contribution >= 0.6 is 0 Å². The van der Waals surface area contributed by atoms with Crippen molar-refractivity contribution in [1.29, 1.82) is 0 Å². The number of carboxylic acid groups (broad SMARTS) is 1. The monoisotopic (exact) mass is 259 g/mol. The first-order chi connectivity index (χ1) is 8.99. The second-order valence-corrected chi connectivity index (χ2v) is 4.91. The Kier molecular flexibility index (Phi) is 3.66. The number of hydrogen-bond acceptors (Lipinski definition) is 3. The summed E-state index contributed by atoms with van der Waals surface area (Å²) in [7, 11) is 0. The minimum absolute atomic E-state index is 0.464. The molecule has 0 bridgehead atoms. The lowest BCUT2D eigenvalue weighted by molar-refractivity contribution is -0.143. The van der Waals surface area contributed by atoms with Gasteiger partial charge in [0.2, 0.25) is 0 Å². The van der Waals surface area contributed by atoms with Crippen molar-refractivity contribution in [3.63, 3.8) is 0 Å². The van der Waals surface area contributed by atoms with Crippen molar-refractivity contribution in [3.8, 4) is 5.69 Å². The van der Waals surface area contributed by atoms with Crippen LogP contribution in [0.3, 0.4) is 0 Å². The summed E-state index contributed by atoms with van der Waals surface area (Å²) in [6.45, 7) is 3.74. The van der Waals surface area contributed by atoms with Crippen molar-refractivity contribution in [3.05, 3.63) is 48.3 Å². The van der Waals surface area contributed by atoms with Gasteiger partial charge in [-0.1, -0.05) is 18.2 Å². The van der Waals surface area contributed by atoms with Crippen LogP contribution in [0.1, 0.15) is 19.4 Å². The quantitative estimate of drug-likeness (QED) is 0.859. The molecule has 0 radical (unpaired) electrons. The Labute approximate surface area is 111 Å². The van der Waals surface area contributed by atoms with Crippen LogP contribution < -0.4 is 5.32 Å². The Bertz CT molecular complexity index is 561. The van der Waals surface area contributed by atoms with Crippen molar-refractivity contribution in [1.82, 2.24) is 15.1 Å². The van der Waals surface area contributed by atoms with Crippen LogP contribution in [0.25, 0.3) is 5.69 Å². The normalized spacial score (nSPS) is 11.5. The summed E-state index contributed by atoms with van der Waals surface area (Å²) in [5.74, 6) is -0.872. The Morgan fingerprint density at radius 1 is 1.37 bits per heavy atom. The molecule has 0 saturated heterocycles. The summed E-state index contributed by atoms with van der Waals surface area (Å²) >= 11 is 0. The van der Waals surface area contributed by atoms with Gasteiger partial charge in [0.1, 0.15) is 5.54 Å². The molecule has 1 aromatic carbocycles. The Balaban J connectivity index is 2.05. The Hall–Kier alpha value is -2.14. The van der Waals surface area contributed by atoms with E-state index in [1.807, 2.05) is 36.5 Å². The van der Waals surface area contributed by atoms with Gasteiger partial charge in [0.05, 0.1) is 11.9 Å². The van der Waals surface area contributed by atoms with Crippen LogP contribution in [-0.2, 0) is 11.3 Å². The fourth-order valence-electron chi connectivity index (χ4n) is 1.57. The summed E-state index contributed by atoms with van der Waals surface area (Å²) in [6.07, 6.45) is 3.62. The van der Waals surface area contributed by atoms with Crippen LogP contribution in [0.5, 0.6) is 0 Å². The average Bonchev–Trinajstić information content (AvgIpc) is 2.86. The molecule has 0 unspecified atom stereocenters. The van der Waals surface area contributed by atoms with E-state index in [1.54, 1.807) is 24.7 Å². The molecule has 0 aliphatic carbocycles. The van der Waals surface area contributed by atoms with E-state index in [9.17, 15) is 4.79 Å². The van der Waals surface area contributed by atoms with E-state index in [2.05, 4.69) is 10.4 Å². The number of benzene rings is 1. The lowest BCUT2D eigenvalue weighted by Gasteiger charge is -2.20. The largest absolute Gasteiger partial charge is 0.480 e. The van der Waals surface area contributed by atoms with Crippen LogP contribution in [0.2, 0.25) is 0 Å². The van der Waals surface area contributed by atoms with Gasteiger partial charge in [-0.15, -0.1) is 0 Å². The van der Waals surface area contributed by atoms with Crippen LogP contribution in [0, 0.1) is 0 Å². The first-order valence-corrected chi connectivity index (χ1v) is 6.06. The molecule has 0 aliphatic heterocycles. The fraction of sp³-hybridized carbons (Fsp3) is 0.286. The first kappa shape index (κ1) is 13.3. The second kappa shape index (κ2) is 5.24. The number of nitrogens with zero attached hydrogens (tertiary/aromatic N) is 2. The molecule has 0 saturated carbocycles. The third-order valence-corrected chi connectivity index (χ3v) is 2.93. The topological polar surface area (TPSA) is 67.2 Å². The van der Waals surface area contributed by atoms with Gasteiger partial charge in [0.15, 0.2) is 0 Å². The van der Waals surface area contributed by atoms with Crippen LogP contribution in [-0.4, -0.2) is 26.4 Å². The minimum atomic E-state index is -0.950. The van der Waals surface area contributed by atoms with Gasteiger partial charge in [-0.05, 0) is 26.0 Å². The maximum absolute atomic E-state index is 11.0. The number of para-hydroxylation sites is 1. The number of aromatic nitrogens is 2. The molecule has 19 heavy (non-hydrogen) atoms. The highest BCUT2D eigenvalue weighted by atomic mass is 16.4. The van der Waals surface area contributed by atoms with E-state index >= 15 is 0 Å². The molecule has 2 aromatic rings. The first-order valence-electron chi connectivity index (χ1n) is 6.06. The van der Waals surface area contributed by atoms with Crippen molar-refractivity contribution < 1.29 is 9.90 Å². The highest BCUT2D eigenvalue weighted by Crippen LogP contribution is 2.09. The van der Waals surface area contributed by atoms with Crippen LogP contribution in [0.15, 0.2) is 42.7 Å². The summed E-state index contributed by atoms with van der Waals surface area (Å²) in [5.41, 5.74) is 0.971. The van der Waals surface area contributed by atoms with Crippen molar-refractivity contribution >= 4 is 5.97 Å². The van der Waals surface area contributed by atoms with Gasteiger partial charge in [-0.2, -0.15) is 5.10 Å². The molecular formula is C14H17N3O2. The van der Waals surface area contributed by atoms with Crippen molar-refractivity contribution in [2.24, 2.45) is 0 Å². The van der Waals surface area contributed by atoms with Crippen LogP contribution in [0.4, 0.5) is 0 Å². The number of aliphatic carboxylic acids is 1. The summed E-state index contributed by atoms with van der Waals surface area (Å²) in [6, 6.07) is 9.77. The molecule has 1 aromatic heterocycles. The lowest BCUT2D eigenvalue weighted by atomic mass is 10.1. The zero-order valence-electron chi connectivity index (χ0n) is 11.0. The second-order valence-electron chi connectivity index (χ2n) is 4.91. The molecule has 0 spiro atoms. The van der Waals surface area contributed by atoms with Crippen molar-refractivity contribution in [2.75, 3.05) is 0 Å². The van der Waals surface area contributed by atoms with Gasteiger partial charge >= 0.3 is 5.97 Å². The molecule has 0 aliphatic rings. The molecule has 1 heterocycles. The molecule has 0 atom stereocenters. The predicted octanol–water partition coefficient (Wildman–Crippen LogP) is 1.83. The van der Waals surface area contributed by atoms with Gasteiger partial charge in [-0.3, -0.25) is 10.1 Å². The maximum Gasteiger partial charge on any atom is 0.323 e. The zero-order valence-corrected chi connectivity index (χ0v) is 11.0. The fourth-order valence-corrected chi connectivity index (χ4v) is 1.57. The van der Waals surface area contributed by atoms with E-state index in [1.165, 1.54) is 0 Å². The standard InChI is InChI=1S/C14H17N3O2/c1-14(2,13(18)19)15-8-11-9-16-17(10-11)12-6-4-3-5-7-12/h3-7,9-10,15H,8H2,1-2H3,(H,18,19). The van der Waals surface area contributed by atoms with Gasteiger partial charge in [-0.25, -0.2) is 4.68 Å².